The maximum absolute atomic E-state index is 14.9. The first-order chi connectivity index (χ1) is 15.1. The zero-order valence-corrected chi connectivity index (χ0v) is 21.1. The van der Waals surface area contributed by atoms with Crippen molar-refractivity contribution in [3.05, 3.63) is 57.7 Å². The second-order valence-electron chi connectivity index (χ2n) is 8.60. The Kier molecular flexibility index (Phi) is 7.68. The molecule has 0 saturated heterocycles. The van der Waals surface area contributed by atoms with Crippen LogP contribution in [-0.2, 0) is 18.0 Å². The SMILES string of the molecule is COc1ccc(F)cc1C(=O)NCc1c(F)cc(Br)c2cnn(COCC[Si](C)(C)C)c12. The minimum atomic E-state index is -1.24. The van der Waals surface area contributed by atoms with Crippen LogP contribution in [0.1, 0.15) is 15.9 Å². The summed E-state index contributed by atoms with van der Waals surface area (Å²) in [5, 5.41) is 7.70. The number of halogens is 3. The van der Waals surface area contributed by atoms with E-state index < -0.39 is 25.6 Å². The number of ether oxygens (including phenoxy) is 2. The van der Waals surface area contributed by atoms with Gasteiger partial charge in [-0.1, -0.05) is 19.6 Å². The molecule has 1 heterocycles. The van der Waals surface area contributed by atoms with E-state index >= 15 is 0 Å². The summed E-state index contributed by atoms with van der Waals surface area (Å²) in [6, 6.07) is 6.00. The minimum absolute atomic E-state index is 0.0319. The first-order valence-corrected chi connectivity index (χ1v) is 14.6. The maximum Gasteiger partial charge on any atom is 0.255 e. The van der Waals surface area contributed by atoms with Gasteiger partial charge in [-0.2, -0.15) is 5.10 Å². The van der Waals surface area contributed by atoms with Crippen molar-refractivity contribution in [1.82, 2.24) is 15.1 Å². The highest BCUT2D eigenvalue weighted by Crippen LogP contribution is 2.30. The van der Waals surface area contributed by atoms with Crippen molar-refractivity contribution in [3.8, 4) is 5.75 Å². The van der Waals surface area contributed by atoms with E-state index in [1.807, 2.05) is 0 Å². The van der Waals surface area contributed by atoms with E-state index in [1.165, 1.54) is 25.3 Å². The van der Waals surface area contributed by atoms with Crippen LogP contribution in [0.2, 0.25) is 25.7 Å². The standard InChI is InChI=1S/C22H26BrF2N3O3Si/c1-30-20-6-5-14(24)9-15(20)22(29)26-11-17-19(25)10-18(23)16-12-27-28(21(16)17)13-31-7-8-32(2,3)4/h5-6,9-10,12H,7-8,11,13H2,1-4H3,(H,26,29). The van der Waals surface area contributed by atoms with Crippen LogP contribution in [0, 0.1) is 11.6 Å². The largest absolute Gasteiger partial charge is 0.496 e. The van der Waals surface area contributed by atoms with Crippen molar-refractivity contribution in [3.63, 3.8) is 0 Å². The Balaban J connectivity index is 1.84. The fourth-order valence-corrected chi connectivity index (χ4v) is 4.43. The molecule has 172 valence electrons. The molecular formula is C22H26BrF2N3O3Si. The molecule has 10 heteroatoms. The van der Waals surface area contributed by atoms with Crippen LogP contribution in [0.4, 0.5) is 8.78 Å². The van der Waals surface area contributed by atoms with E-state index in [1.54, 1.807) is 10.9 Å². The summed E-state index contributed by atoms with van der Waals surface area (Å²) in [4.78, 5) is 12.7. The van der Waals surface area contributed by atoms with Crippen LogP contribution in [0.15, 0.2) is 34.9 Å². The van der Waals surface area contributed by atoms with E-state index in [9.17, 15) is 13.6 Å². The normalized spacial score (nSPS) is 11.7. The predicted octanol–water partition coefficient (Wildman–Crippen LogP) is 5.33. The molecule has 2 aromatic carbocycles. The number of carbonyl (C=O) groups is 1. The van der Waals surface area contributed by atoms with Crippen molar-refractivity contribution in [2.75, 3.05) is 13.7 Å². The summed E-state index contributed by atoms with van der Waals surface area (Å²) in [6.07, 6.45) is 1.63. The smallest absolute Gasteiger partial charge is 0.255 e. The van der Waals surface area contributed by atoms with Crippen molar-refractivity contribution in [2.45, 2.75) is 39.0 Å². The summed E-state index contributed by atoms with van der Waals surface area (Å²) < 4.78 is 41.6. The zero-order valence-electron chi connectivity index (χ0n) is 18.5. The van der Waals surface area contributed by atoms with Gasteiger partial charge in [0.15, 0.2) is 0 Å². The molecule has 0 aliphatic heterocycles. The molecule has 1 amide bonds. The quantitative estimate of drug-likeness (QED) is 0.303. The molecule has 1 N–H and O–H groups in total. The number of hydrogen-bond donors (Lipinski definition) is 1. The predicted molar refractivity (Wildman–Crippen MR) is 126 cm³/mol. The Morgan fingerprint density at radius 3 is 2.69 bits per heavy atom. The highest BCUT2D eigenvalue weighted by atomic mass is 79.9. The average Bonchev–Trinajstić information content (AvgIpc) is 3.14. The molecule has 0 aliphatic rings. The van der Waals surface area contributed by atoms with Crippen molar-refractivity contribution in [1.29, 1.82) is 0 Å². The van der Waals surface area contributed by atoms with E-state index in [-0.39, 0.29) is 30.2 Å². The van der Waals surface area contributed by atoms with Gasteiger partial charge in [0.1, 0.15) is 24.1 Å². The first kappa shape index (κ1) is 24.3. The van der Waals surface area contributed by atoms with Gasteiger partial charge >= 0.3 is 0 Å². The van der Waals surface area contributed by atoms with Crippen LogP contribution in [0.3, 0.4) is 0 Å². The Morgan fingerprint density at radius 2 is 2.00 bits per heavy atom. The van der Waals surface area contributed by atoms with E-state index in [0.29, 0.717) is 22.0 Å². The lowest BCUT2D eigenvalue weighted by atomic mass is 10.1. The molecule has 0 saturated carbocycles. The Morgan fingerprint density at radius 1 is 1.25 bits per heavy atom. The monoisotopic (exact) mass is 525 g/mol. The molecule has 3 aromatic rings. The number of fused-ring (bicyclic) bond motifs is 1. The molecule has 6 nitrogen and oxygen atoms in total. The molecule has 32 heavy (non-hydrogen) atoms. The van der Waals surface area contributed by atoms with E-state index in [0.717, 1.165) is 12.1 Å². The summed E-state index contributed by atoms with van der Waals surface area (Å²) in [5.74, 6) is -1.41. The molecule has 0 spiro atoms. The topological polar surface area (TPSA) is 65.4 Å². The minimum Gasteiger partial charge on any atom is -0.496 e. The van der Waals surface area contributed by atoms with Gasteiger partial charge in [0.2, 0.25) is 0 Å². The number of amides is 1. The van der Waals surface area contributed by atoms with E-state index in [4.69, 9.17) is 9.47 Å². The number of benzene rings is 2. The fraction of sp³-hybridized carbons (Fsp3) is 0.364. The van der Waals surface area contributed by atoms with Gasteiger partial charge in [-0.05, 0) is 46.2 Å². The Bertz CT molecular complexity index is 1130. The van der Waals surface area contributed by atoms with Gasteiger partial charge in [0, 0.05) is 36.6 Å². The van der Waals surface area contributed by atoms with Crippen LogP contribution in [0.25, 0.3) is 10.9 Å². The number of methoxy groups -OCH3 is 1. The summed E-state index contributed by atoms with van der Waals surface area (Å²) >= 11 is 3.37. The van der Waals surface area contributed by atoms with Gasteiger partial charge < -0.3 is 14.8 Å². The third-order valence-electron chi connectivity index (χ3n) is 4.97. The van der Waals surface area contributed by atoms with Crippen LogP contribution in [0.5, 0.6) is 5.75 Å². The molecular weight excluding hydrogens is 500 g/mol. The average molecular weight is 526 g/mol. The van der Waals surface area contributed by atoms with Crippen molar-refractivity contribution < 1.29 is 23.0 Å². The highest BCUT2D eigenvalue weighted by molar-refractivity contribution is 9.10. The maximum atomic E-state index is 14.9. The van der Waals surface area contributed by atoms with Gasteiger partial charge in [0.25, 0.3) is 5.91 Å². The lowest BCUT2D eigenvalue weighted by Gasteiger charge is -2.16. The second kappa shape index (κ2) is 10.1. The van der Waals surface area contributed by atoms with Gasteiger partial charge in [-0.15, -0.1) is 0 Å². The molecule has 0 unspecified atom stereocenters. The van der Waals surface area contributed by atoms with Crippen molar-refractivity contribution >= 4 is 40.8 Å². The number of hydrogen-bond acceptors (Lipinski definition) is 4. The molecule has 0 fully saturated rings. The van der Waals surface area contributed by atoms with E-state index in [2.05, 4.69) is 46.0 Å². The molecule has 1 aromatic heterocycles. The van der Waals surface area contributed by atoms with Gasteiger partial charge in [-0.3, -0.25) is 4.79 Å². The fourth-order valence-electron chi connectivity index (χ4n) is 3.18. The molecule has 3 rings (SSSR count). The van der Waals surface area contributed by atoms with Crippen LogP contribution in [-0.4, -0.2) is 37.5 Å². The third kappa shape index (κ3) is 5.73. The van der Waals surface area contributed by atoms with Gasteiger partial charge in [-0.25, -0.2) is 13.5 Å². The summed E-state index contributed by atoms with van der Waals surface area (Å²) in [6.45, 7) is 7.44. The lowest BCUT2D eigenvalue weighted by Crippen LogP contribution is -2.25. The van der Waals surface area contributed by atoms with Crippen molar-refractivity contribution in [2.24, 2.45) is 0 Å². The molecule has 0 aliphatic carbocycles. The summed E-state index contributed by atoms with van der Waals surface area (Å²) in [7, 11) is 0.154. The van der Waals surface area contributed by atoms with Crippen LogP contribution < -0.4 is 10.1 Å². The number of rotatable bonds is 9. The number of aromatic nitrogens is 2. The molecule has 0 atom stereocenters. The number of nitrogens with zero attached hydrogens (tertiary/aromatic N) is 2. The third-order valence-corrected chi connectivity index (χ3v) is 7.33. The first-order valence-electron chi connectivity index (χ1n) is 10.1. The lowest BCUT2D eigenvalue weighted by molar-refractivity contribution is 0.0815. The Hall–Kier alpha value is -2.30. The second-order valence-corrected chi connectivity index (χ2v) is 15.1. The molecule has 0 bridgehead atoms. The molecule has 0 radical (unpaired) electrons. The number of carbonyl (C=O) groups excluding carboxylic acids is 1. The Labute approximate surface area is 195 Å². The summed E-state index contributed by atoms with van der Waals surface area (Å²) in [5.41, 5.74) is 0.819. The van der Waals surface area contributed by atoms with Crippen LogP contribution >= 0.6 is 15.9 Å². The highest BCUT2D eigenvalue weighted by Gasteiger charge is 2.19. The van der Waals surface area contributed by atoms with Gasteiger partial charge in [0.05, 0.1) is 24.4 Å². The number of nitrogens with one attached hydrogen (secondary N) is 1. The zero-order chi connectivity index (χ0) is 23.5.